The van der Waals surface area contributed by atoms with Crippen molar-refractivity contribution < 1.29 is 4.79 Å². The van der Waals surface area contributed by atoms with Gasteiger partial charge in [-0.15, -0.1) is 0 Å². The highest BCUT2D eigenvalue weighted by Crippen LogP contribution is 2.24. The Hall–Kier alpha value is -0.570. The summed E-state index contributed by atoms with van der Waals surface area (Å²) >= 11 is 0. The highest BCUT2D eigenvalue weighted by atomic mass is 16.1. The predicted octanol–water partition coefficient (Wildman–Crippen LogP) is 0.710. The third-order valence-corrected chi connectivity index (χ3v) is 3.01. The van der Waals surface area contributed by atoms with Crippen LogP contribution in [-0.2, 0) is 4.79 Å². The molecule has 1 fully saturated rings. The molecule has 1 heterocycles. The van der Waals surface area contributed by atoms with E-state index in [2.05, 4.69) is 24.2 Å². The average Bonchev–Trinajstić information content (AvgIpc) is 2.09. The van der Waals surface area contributed by atoms with Crippen molar-refractivity contribution in [2.24, 2.45) is 11.8 Å². The molecule has 0 spiro atoms. The lowest BCUT2D eigenvalue weighted by molar-refractivity contribution is -0.122. The molecule has 0 saturated carbocycles. The van der Waals surface area contributed by atoms with Crippen molar-refractivity contribution in [2.75, 3.05) is 27.2 Å². The zero-order valence-corrected chi connectivity index (χ0v) is 8.84. The van der Waals surface area contributed by atoms with Gasteiger partial charge in [-0.25, -0.2) is 0 Å². The third-order valence-electron chi connectivity index (χ3n) is 3.01. The summed E-state index contributed by atoms with van der Waals surface area (Å²) in [7, 11) is 3.86. The van der Waals surface area contributed by atoms with Crippen molar-refractivity contribution >= 4 is 5.91 Å². The fourth-order valence-corrected chi connectivity index (χ4v) is 2.05. The van der Waals surface area contributed by atoms with Crippen LogP contribution >= 0.6 is 0 Å². The van der Waals surface area contributed by atoms with E-state index in [1.165, 1.54) is 0 Å². The Balaban J connectivity index is 2.38. The maximum Gasteiger partial charge on any atom is 0.220 e. The first-order chi connectivity index (χ1) is 6.13. The second kappa shape index (κ2) is 4.61. The molecule has 2 atom stereocenters. The van der Waals surface area contributed by atoms with Crippen molar-refractivity contribution in [3.63, 3.8) is 0 Å². The summed E-state index contributed by atoms with van der Waals surface area (Å²) in [6, 6.07) is 0. The molecule has 13 heavy (non-hydrogen) atoms. The topological polar surface area (TPSA) is 32.3 Å². The van der Waals surface area contributed by atoms with Gasteiger partial charge in [-0.3, -0.25) is 4.79 Å². The first-order valence-corrected chi connectivity index (χ1v) is 5.02. The molecule has 2 unspecified atom stereocenters. The van der Waals surface area contributed by atoms with Crippen LogP contribution in [0.4, 0.5) is 0 Å². The lowest BCUT2D eigenvalue weighted by Crippen LogP contribution is -2.38. The average molecular weight is 184 g/mol. The van der Waals surface area contributed by atoms with Crippen LogP contribution in [0.2, 0.25) is 0 Å². The molecule has 0 radical (unpaired) electrons. The number of amides is 1. The summed E-state index contributed by atoms with van der Waals surface area (Å²) in [5.74, 6) is 1.41. The minimum Gasteiger partial charge on any atom is -0.359 e. The maximum atomic E-state index is 11.2. The van der Waals surface area contributed by atoms with Crippen molar-refractivity contribution in [3.8, 4) is 0 Å². The van der Waals surface area contributed by atoms with E-state index in [1.54, 1.807) is 7.05 Å². The lowest BCUT2D eigenvalue weighted by atomic mass is 9.84. The Morgan fingerprint density at radius 1 is 1.62 bits per heavy atom. The molecular weight excluding hydrogens is 164 g/mol. The molecule has 3 heteroatoms. The van der Waals surface area contributed by atoms with Gasteiger partial charge in [0.15, 0.2) is 0 Å². The number of likely N-dealkylation sites (tertiary alicyclic amines) is 1. The third kappa shape index (κ3) is 2.99. The molecule has 76 valence electrons. The summed E-state index contributed by atoms with van der Waals surface area (Å²) in [5, 5.41) is 2.69. The van der Waals surface area contributed by atoms with Crippen LogP contribution in [0.15, 0.2) is 0 Å². The van der Waals surface area contributed by atoms with Crippen LogP contribution in [-0.4, -0.2) is 38.0 Å². The van der Waals surface area contributed by atoms with Gasteiger partial charge in [0, 0.05) is 20.0 Å². The normalized spacial score (nSPS) is 30.1. The molecule has 1 aliphatic rings. The van der Waals surface area contributed by atoms with E-state index in [-0.39, 0.29) is 5.91 Å². The number of carbonyl (C=O) groups excluding carboxylic acids is 1. The number of rotatable bonds is 2. The molecule has 0 aromatic carbocycles. The highest BCUT2D eigenvalue weighted by Gasteiger charge is 2.25. The van der Waals surface area contributed by atoms with Crippen molar-refractivity contribution in [1.82, 2.24) is 10.2 Å². The number of nitrogens with zero attached hydrogens (tertiary/aromatic N) is 1. The molecule has 1 aliphatic heterocycles. The second-order valence-electron chi connectivity index (χ2n) is 4.17. The monoisotopic (exact) mass is 184 g/mol. The van der Waals surface area contributed by atoms with Crippen LogP contribution < -0.4 is 5.32 Å². The molecule has 0 aromatic heterocycles. The van der Waals surface area contributed by atoms with Crippen LogP contribution in [0.25, 0.3) is 0 Å². The SMILES string of the molecule is CNC(=O)CC1CCN(C)CC1C. The van der Waals surface area contributed by atoms with Gasteiger partial charge < -0.3 is 10.2 Å². The van der Waals surface area contributed by atoms with Crippen molar-refractivity contribution in [2.45, 2.75) is 19.8 Å². The van der Waals surface area contributed by atoms with E-state index in [0.717, 1.165) is 19.5 Å². The van der Waals surface area contributed by atoms with Crippen LogP contribution in [0.5, 0.6) is 0 Å². The summed E-state index contributed by atoms with van der Waals surface area (Å²) in [4.78, 5) is 13.5. The van der Waals surface area contributed by atoms with Crippen LogP contribution in [0.1, 0.15) is 19.8 Å². The molecule has 1 amide bonds. The molecule has 3 nitrogen and oxygen atoms in total. The molecule has 0 aromatic rings. The first-order valence-electron chi connectivity index (χ1n) is 5.02. The summed E-state index contributed by atoms with van der Waals surface area (Å²) in [5.41, 5.74) is 0. The fourth-order valence-electron chi connectivity index (χ4n) is 2.05. The Morgan fingerprint density at radius 2 is 2.31 bits per heavy atom. The second-order valence-corrected chi connectivity index (χ2v) is 4.17. The van der Waals surface area contributed by atoms with Gasteiger partial charge in [0.1, 0.15) is 0 Å². The van der Waals surface area contributed by atoms with Crippen molar-refractivity contribution in [3.05, 3.63) is 0 Å². The minimum atomic E-state index is 0.182. The van der Waals surface area contributed by atoms with Gasteiger partial charge in [-0.1, -0.05) is 6.92 Å². The van der Waals surface area contributed by atoms with Gasteiger partial charge in [0.2, 0.25) is 5.91 Å². The zero-order valence-electron chi connectivity index (χ0n) is 8.84. The molecule has 1 N–H and O–H groups in total. The standard InChI is InChI=1S/C10H20N2O/c1-8-7-12(3)5-4-9(8)6-10(13)11-2/h8-9H,4-7H2,1-3H3,(H,11,13). The van der Waals surface area contributed by atoms with E-state index in [9.17, 15) is 4.79 Å². The quantitative estimate of drug-likeness (QED) is 0.685. The summed E-state index contributed by atoms with van der Waals surface area (Å²) < 4.78 is 0. The van der Waals surface area contributed by atoms with Gasteiger partial charge in [0.25, 0.3) is 0 Å². The van der Waals surface area contributed by atoms with Gasteiger partial charge in [0.05, 0.1) is 0 Å². The van der Waals surface area contributed by atoms with E-state index in [0.29, 0.717) is 18.3 Å². The Bertz CT molecular complexity index is 182. The minimum absolute atomic E-state index is 0.182. The zero-order chi connectivity index (χ0) is 9.84. The van der Waals surface area contributed by atoms with Crippen molar-refractivity contribution in [1.29, 1.82) is 0 Å². The van der Waals surface area contributed by atoms with Gasteiger partial charge >= 0.3 is 0 Å². The smallest absolute Gasteiger partial charge is 0.220 e. The number of hydrogen-bond donors (Lipinski definition) is 1. The van der Waals surface area contributed by atoms with E-state index in [4.69, 9.17) is 0 Å². The van der Waals surface area contributed by atoms with E-state index >= 15 is 0 Å². The van der Waals surface area contributed by atoms with Crippen LogP contribution in [0, 0.1) is 11.8 Å². The molecule has 0 bridgehead atoms. The summed E-state index contributed by atoms with van der Waals surface area (Å²) in [6.45, 7) is 4.50. The fraction of sp³-hybridized carbons (Fsp3) is 0.900. The number of piperidine rings is 1. The largest absolute Gasteiger partial charge is 0.359 e. The molecule has 1 saturated heterocycles. The van der Waals surface area contributed by atoms with E-state index in [1.807, 2.05) is 0 Å². The van der Waals surface area contributed by atoms with Gasteiger partial charge in [-0.05, 0) is 31.8 Å². The molecule has 1 rings (SSSR count). The first kappa shape index (κ1) is 10.5. The lowest BCUT2D eigenvalue weighted by Gasteiger charge is -2.34. The van der Waals surface area contributed by atoms with E-state index < -0.39 is 0 Å². The Labute approximate surface area is 80.5 Å². The van der Waals surface area contributed by atoms with Gasteiger partial charge in [-0.2, -0.15) is 0 Å². The predicted molar refractivity (Wildman–Crippen MR) is 53.5 cm³/mol. The number of hydrogen-bond acceptors (Lipinski definition) is 2. The highest BCUT2D eigenvalue weighted by molar-refractivity contribution is 5.75. The maximum absolute atomic E-state index is 11.2. The Kier molecular flexibility index (Phi) is 3.72. The number of carbonyl (C=O) groups is 1. The molecule has 0 aliphatic carbocycles. The number of nitrogens with one attached hydrogen (secondary N) is 1. The summed E-state index contributed by atoms with van der Waals surface area (Å²) in [6.07, 6.45) is 1.86. The Morgan fingerprint density at radius 3 is 2.85 bits per heavy atom. The molecular formula is C10H20N2O. The van der Waals surface area contributed by atoms with Crippen LogP contribution in [0.3, 0.4) is 0 Å².